The van der Waals surface area contributed by atoms with Crippen LogP contribution >= 0.6 is 22.9 Å². The van der Waals surface area contributed by atoms with Crippen LogP contribution in [-0.2, 0) is 16.3 Å². The molecule has 1 fully saturated rings. The monoisotopic (exact) mass is 546 g/mol. The number of ether oxygens (including phenoxy) is 3. The van der Waals surface area contributed by atoms with Gasteiger partial charge in [0.15, 0.2) is 6.73 Å². The molecule has 1 aliphatic heterocycles. The van der Waals surface area contributed by atoms with Gasteiger partial charge in [-0.15, -0.1) is 5.10 Å². The maximum atomic E-state index is 13.4. The molecule has 0 spiro atoms. The molecule has 0 aliphatic carbocycles. The van der Waals surface area contributed by atoms with Crippen molar-refractivity contribution in [3.63, 3.8) is 0 Å². The number of hydrogen-bond acceptors (Lipinski definition) is 10. The van der Waals surface area contributed by atoms with Crippen LogP contribution in [0.5, 0.6) is 10.9 Å². The van der Waals surface area contributed by atoms with Gasteiger partial charge in [-0.2, -0.15) is 9.67 Å². The van der Waals surface area contributed by atoms with Crippen molar-refractivity contribution in [1.29, 1.82) is 0 Å². The second-order valence-electron chi connectivity index (χ2n) is 8.39. The summed E-state index contributed by atoms with van der Waals surface area (Å²) in [6, 6.07) is 3.37. The molecule has 37 heavy (non-hydrogen) atoms. The van der Waals surface area contributed by atoms with Crippen LogP contribution in [0.2, 0.25) is 5.15 Å². The molecular weight excluding hydrogens is 520 g/mol. The summed E-state index contributed by atoms with van der Waals surface area (Å²) in [4.78, 5) is 38.5. The van der Waals surface area contributed by atoms with Crippen molar-refractivity contribution in [2.45, 2.75) is 32.9 Å². The lowest BCUT2D eigenvalue weighted by molar-refractivity contribution is -0.149. The van der Waals surface area contributed by atoms with Gasteiger partial charge in [-0.3, -0.25) is 14.6 Å². The van der Waals surface area contributed by atoms with E-state index in [0.717, 1.165) is 37.3 Å². The zero-order valence-corrected chi connectivity index (χ0v) is 22.3. The molecule has 0 saturated carbocycles. The average Bonchev–Trinajstić information content (AvgIpc) is 3.29. The van der Waals surface area contributed by atoms with Gasteiger partial charge in [-0.05, 0) is 62.2 Å². The first-order chi connectivity index (χ1) is 17.9. The number of carbonyl (C=O) groups is 2. The van der Waals surface area contributed by atoms with Crippen molar-refractivity contribution in [2.24, 2.45) is 10.9 Å². The summed E-state index contributed by atoms with van der Waals surface area (Å²) in [5.74, 6) is -0.159. The topological polar surface area (TPSA) is 130 Å². The second-order valence-corrected chi connectivity index (χ2v) is 9.70. The molecule has 1 N–H and O–H groups in total. The Labute approximate surface area is 222 Å². The van der Waals surface area contributed by atoms with Crippen LogP contribution in [0.15, 0.2) is 29.5 Å². The minimum absolute atomic E-state index is 0.192. The van der Waals surface area contributed by atoms with Crippen molar-refractivity contribution in [2.75, 3.05) is 27.3 Å². The Balaban J connectivity index is 1.62. The third-order valence-corrected chi connectivity index (χ3v) is 6.96. The van der Waals surface area contributed by atoms with Gasteiger partial charge in [-0.25, -0.2) is 4.98 Å². The largest absolute Gasteiger partial charge is 0.494 e. The van der Waals surface area contributed by atoms with Gasteiger partial charge in [0.2, 0.25) is 4.80 Å². The molecule has 1 aliphatic rings. The lowest BCUT2D eigenvalue weighted by atomic mass is 9.95. The Morgan fingerprint density at radius 3 is 2.68 bits per heavy atom. The Morgan fingerprint density at radius 2 is 1.95 bits per heavy atom. The minimum Gasteiger partial charge on any atom is -0.494 e. The molecule has 0 atom stereocenters. The van der Waals surface area contributed by atoms with Gasteiger partial charge in [-0.1, -0.05) is 11.6 Å². The molecule has 13 heteroatoms. The molecule has 0 bridgehead atoms. The van der Waals surface area contributed by atoms with E-state index in [0.29, 0.717) is 34.9 Å². The number of rotatable bonds is 8. The third kappa shape index (κ3) is 6.70. The van der Waals surface area contributed by atoms with E-state index in [-0.39, 0.29) is 33.4 Å². The molecule has 4 heterocycles. The predicted molar refractivity (Wildman–Crippen MR) is 137 cm³/mol. The molecule has 0 aromatic carbocycles. The normalized spacial score (nSPS) is 14.4. The summed E-state index contributed by atoms with van der Waals surface area (Å²) in [5.41, 5.74) is 2.04. The number of hydrogen-bond donors (Lipinski definition) is 1. The fourth-order valence-electron chi connectivity index (χ4n) is 3.94. The molecule has 0 unspecified atom stereocenters. The van der Waals surface area contributed by atoms with E-state index in [1.807, 2.05) is 6.92 Å². The fraction of sp³-hybridized carbons (Fsp3) is 0.417. The summed E-state index contributed by atoms with van der Waals surface area (Å²) in [5, 5.41) is 8.04. The summed E-state index contributed by atoms with van der Waals surface area (Å²) in [6.07, 6.45) is 5.14. The number of nitrogens with one attached hydrogen (secondary N) is 1. The highest BCUT2D eigenvalue weighted by Gasteiger charge is 2.20. The van der Waals surface area contributed by atoms with E-state index >= 15 is 0 Å². The number of aromatic nitrogens is 4. The molecule has 3 aromatic rings. The maximum absolute atomic E-state index is 13.4. The van der Waals surface area contributed by atoms with E-state index < -0.39 is 5.91 Å². The number of carbonyl (C=O) groups excluding carboxylic acids is 2. The van der Waals surface area contributed by atoms with E-state index in [4.69, 9.17) is 25.8 Å². The first-order valence-electron chi connectivity index (χ1n) is 11.6. The molecule has 1 saturated heterocycles. The zero-order chi connectivity index (χ0) is 26.4. The summed E-state index contributed by atoms with van der Waals surface area (Å²) in [7, 11) is 2.96. The van der Waals surface area contributed by atoms with Crippen LogP contribution in [0.4, 0.5) is 0 Å². The number of amides is 1. The van der Waals surface area contributed by atoms with Gasteiger partial charge in [0, 0.05) is 29.4 Å². The van der Waals surface area contributed by atoms with Crippen molar-refractivity contribution in [1.82, 2.24) is 25.1 Å². The standard InChI is InChI=1S/C24H27ClN6O5S/c1-14-8-16(17-10-20(25)28-12-19(17)34-2)18(11-27-14)22(33)29-23-31(30-24(35-3)37-23)13-36-21(32)9-15-4-6-26-7-5-15/h8,10-12,15,26H,4-7,9,13H2,1-3H3/b29-23-. The van der Waals surface area contributed by atoms with Gasteiger partial charge in [0.25, 0.3) is 11.1 Å². The van der Waals surface area contributed by atoms with Crippen molar-refractivity contribution in [3.05, 3.63) is 45.7 Å². The third-order valence-electron chi connectivity index (χ3n) is 5.85. The van der Waals surface area contributed by atoms with Crippen LogP contribution < -0.4 is 19.6 Å². The summed E-state index contributed by atoms with van der Waals surface area (Å²) in [6.45, 7) is 3.41. The lowest BCUT2D eigenvalue weighted by Gasteiger charge is -2.21. The smallest absolute Gasteiger partial charge is 0.307 e. The lowest BCUT2D eigenvalue weighted by Crippen LogP contribution is -2.29. The first kappa shape index (κ1) is 26.7. The molecule has 4 rings (SSSR count). The number of nitrogens with zero attached hydrogens (tertiary/aromatic N) is 5. The molecule has 11 nitrogen and oxygen atoms in total. The van der Waals surface area contributed by atoms with E-state index in [1.165, 1.54) is 31.3 Å². The summed E-state index contributed by atoms with van der Waals surface area (Å²) >= 11 is 7.18. The second kappa shape index (κ2) is 12.3. The molecule has 0 radical (unpaired) electrons. The Bertz CT molecular complexity index is 1350. The van der Waals surface area contributed by atoms with Crippen molar-refractivity contribution < 1.29 is 23.8 Å². The van der Waals surface area contributed by atoms with E-state index in [1.54, 1.807) is 12.1 Å². The SMILES string of the molecule is COc1nn(COC(=O)CC2CCNCC2)/c(=N/C(=O)c2cnc(C)cc2-c2cc(Cl)ncc2OC)s1. The molecule has 196 valence electrons. The van der Waals surface area contributed by atoms with Crippen LogP contribution in [0, 0.1) is 12.8 Å². The zero-order valence-electron chi connectivity index (χ0n) is 20.7. The van der Waals surface area contributed by atoms with Crippen LogP contribution in [0.3, 0.4) is 0 Å². The quantitative estimate of drug-likeness (QED) is 0.334. The van der Waals surface area contributed by atoms with Crippen LogP contribution in [0.25, 0.3) is 11.1 Å². The van der Waals surface area contributed by atoms with Gasteiger partial charge in [0.1, 0.15) is 10.9 Å². The van der Waals surface area contributed by atoms with Gasteiger partial charge in [0.05, 0.1) is 26.0 Å². The molecule has 1 amide bonds. The van der Waals surface area contributed by atoms with Crippen LogP contribution in [-0.4, -0.2) is 58.9 Å². The average molecular weight is 547 g/mol. The number of halogens is 1. The van der Waals surface area contributed by atoms with E-state index in [2.05, 4.69) is 25.4 Å². The number of methoxy groups -OCH3 is 2. The Hall–Kier alpha value is -3.35. The Morgan fingerprint density at radius 1 is 1.16 bits per heavy atom. The first-order valence-corrected chi connectivity index (χ1v) is 12.8. The highest BCUT2D eigenvalue weighted by atomic mass is 35.5. The number of piperidine rings is 1. The van der Waals surface area contributed by atoms with Crippen molar-refractivity contribution >= 4 is 34.8 Å². The Kier molecular flexibility index (Phi) is 8.85. The van der Waals surface area contributed by atoms with Crippen LogP contribution in [0.1, 0.15) is 35.3 Å². The number of pyridine rings is 2. The highest BCUT2D eigenvalue weighted by Crippen LogP contribution is 2.34. The van der Waals surface area contributed by atoms with Crippen molar-refractivity contribution in [3.8, 4) is 22.1 Å². The molecular formula is C24H27ClN6O5S. The molecule has 3 aromatic heterocycles. The summed E-state index contributed by atoms with van der Waals surface area (Å²) < 4.78 is 17.4. The highest BCUT2D eigenvalue weighted by molar-refractivity contribution is 7.10. The van der Waals surface area contributed by atoms with Gasteiger partial charge >= 0.3 is 5.97 Å². The minimum atomic E-state index is -0.571. The predicted octanol–water partition coefficient (Wildman–Crippen LogP) is 3.01. The van der Waals surface area contributed by atoms with Gasteiger partial charge < -0.3 is 19.5 Å². The fourth-order valence-corrected chi connectivity index (χ4v) is 4.81. The number of aryl methyl sites for hydroxylation is 1. The number of esters is 1. The van der Waals surface area contributed by atoms with E-state index in [9.17, 15) is 9.59 Å². The maximum Gasteiger partial charge on any atom is 0.307 e.